The normalized spacial score (nSPS) is 18.6. The van der Waals surface area contributed by atoms with E-state index in [1.807, 2.05) is 0 Å². The van der Waals surface area contributed by atoms with Crippen molar-refractivity contribution < 1.29 is 24.6 Å². The van der Waals surface area contributed by atoms with Gasteiger partial charge in [-0.25, -0.2) is 4.79 Å². The molecule has 1 atom stereocenters. The standard InChI is InChI=1S/C9H14N2O5/c10-9(3-4-9)8(16)11-5(7(14)15)1-2-6(12)13/h5H,1-4,10H2,(H,11,16)(H,12,13)(H,14,15)/t5-/m0/s1. The van der Waals surface area contributed by atoms with Gasteiger partial charge in [0.1, 0.15) is 6.04 Å². The van der Waals surface area contributed by atoms with Gasteiger partial charge in [-0.2, -0.15) is 0 Å². The Morgan fingerprint density at radius 1 is 1.31 bits per heavy atom. The largest absolute Gasteiger partial charge is 0.481 e. The Bertz CT molecular complexity index is 324. The van der Waals surface area contributed by atoms with Crippen LogP contribution >= 0.6 is 0 Å². The lowest BCUT2D eigenvalue weighted by Gasteiger charge is -2.16. The molecule has 0 unspecified atom stereocenters. The third kappa shape index (κ3) is 3.20. The highest BCUT2D eigenvalue weighted by Crippen LogP contribution is 2.32. The molecule has 0 saturated heterocycles. The smallest absolute Gasteiger partial charge is 0.326 e. The molecule has 1 amide bonds. The maximum atomic E-state index is 11.4. The van der Waals surface area contributed by atoms with Gasteiger partial charge in [-0.3, -0.25) is 9.59 Å². The summed E-state index contributed by atoms with van der Waals surface area (Å²) in [5.74, 6) is -2.88. The molecule has 0 aromatic heterocycles. The van der Waals surface area contributed by atoms with Crippen LogP contribution in [0.4, 0.5) is 0 Å². The van der Waals surface area contributed by atoms with Crippen molar-refractivity contribution in [2.45, 2.75) is 37.3 Å². The first-order valence-electron chi connectivity index (χ1n) is 4.89. The number of hydrogen-bond donors (Lipinski definition) is 4. The first-order chi connectivity index (χ1) is 7.35. The molecular weight excluding hydrogens is 216 g/mol. The summed E-state index contributed by atoms with van der Waals surface area (Å²) in [5.41, 5.74) is 4.63. The summed E-state index contributed by atoms with van der Waals surface area (Å²) in [4.78, 5) is 32.5. The second-order valence-electron chi connectivity index (χ2n) is 3.95. The number of carbonyl (C=O) groups is 3. The van der Waals surface area contributed by atoms with Crippen LogP contribution in [0.3, 0.4) is 0 Å². The van der Waals surface area contributed by atoms with E-state index in [0.29, 0.717) is 12.8 Å². The lowest BCUT2D eigenvalue weighted by Crippen LogP contribution is -2.50. The van der Waals surface area contributed by atoms with Crippen molar-refractivity contribution in [3.8, 4) is 0 Å². The van der Waals surface area contributed by atoms with Gasteiger partial charge in [-0.15, -0.1) is 0 Å². The van der Waals surface area contributed by atoms with Crippen LogP contribution in [-0.2, 0) is 14.4 Å². The van der Waals surface area contributed by atoms with Crippen molar-refractivity contribution in [2.24, 2.45) is 5.73 Å². The van der Waals surface area contributed by atoms with Crippen molar-refractivity contribution in [3.63, 3.8) is 0 Å². The highest BCUT2D eigenvalue weighted by Gasteiger charge is 2.46. The van der Waals surface area contributed by atoms with Gasteiger partial charge >= 0.3 is 11.9 Å². The average Bonchev–Trinajstić information content (AvgIpc) is 2.91. The molecule has 16 heavy (non-hydrogen) atoms. The van der Waals surface area contributed by atoms with E-state index in [-0.39, 0.29) is 12.8 Å². The molecule has 0 radical (unpaired) electrons. The van der Waals surface area contributed by atoms with Crippen molar-refractivity contribution in [2.75, 3.05) is 0 Å². The molecule has 1 aliphatic rings. The molecule has 1 rings (SSSR count). The summed E-state index contributed by atoms with van der Waals surface area (Å²) in [6.07, 6.45) is 0.607. The Hall–Kier alpha value is -1.63. The third-order valence-corrected chi connectivity index (χ3v) is 2.49. The zero-order valence-electron chi connectivity index (χ0n) is 8.60. The predicted octanol–water partition coefficient (Wildman–Crippen LogP) is -1.09. The highest BCUT2D eigenvalue weighted by atomic mass is 16.4. The highest BCUT2D eigenvalue weighted by molar-refractivity contribution is 5.92. The van der Waals surface area contributed by atoms with Crippen molar-refractivity contribution in [1.82, 2.24) is 5.32 Å². The van der Waals surface area contributed by atoms with Crippen LogP contribution in [-0.4, -0.2) is 39.6 Å². The number of nitrogens with two attached hydrogens (primary N) is 1. The van der Waals surface area contributed by atoms with E-state index < -0.39 is 29.4 Å². The van der Waals surface area contributed by atoms with Gasteiger partial charge in [0.05, 0.1) is 5.54 Å². The summed E-state index contributed by atoms with van der Waals surface area (Å²) in [5, 5.41) is 19.4. The molecule has 1 fully saturated rings. The number of carboxylic acids is 2. The molecule has 0 aliphatic heterocycles. The molecule has 7 heteroatoms. The van der Waals surface area contributed by atoms with Crippen molar-refractivity contribution >= 4 is 17.8 Å². The topological polar surface area (TPSA) is 130 Å². The lowest BCUT2D eigenvalue weighted by molar-refractivity contribution is -0.143. The van der Waals surface area contributed by atoms with Crippen LogP contribution < -0.4 is 11.1 Å². The van der Waals surface area contributed by atoms with E-state index in [1.54, 1.807) is 0 Å². The monoisotopic (exact) mass is 230 g/mol. The second kappa shape index (κ2) is 4.48. The van der Waals surface area contributed by atoms with Gasteiger partial charge in [0.2, 0.25) is 5.91 Å². The minimum Gasteiger partial charge on any atom is -0.481 e. The molecule has 0 heterocycles. The minimum absolute atomic E-state index is 0.146. The van der Waals surface area contributed by atoms with Gasteiger partial charge in [0.15, 0.2) is 0 Å². The van der Waals surface area contributed by atoms with E-state index in [2.05, 4.69) is 5.32 Å². The van der Waals surface area contributed by atoms with Crippen LogP contribution in [0, 0.1) is 0 Å². The number of carboxylic acid groups (broad SMARTS) is 2. The number of rotatable bonds is 6. The fourth-order valence-electron chi connectivity index (χ4n) is 1.19. The summed E-state index contributed by atoms with van der Waals surface area (Å²) in [7, 11) is 0. The Balaban J connectivity index is 2.47. The van der Waals surface area contributed by atoms with Crippen molar-refractivity contribution in [3.05, 3.63) is 0 Å². The van der Waals surface area contributed by atoms with Gasteiger partial charge < -0.3 is 21.3 Å². The van der Waals surface area contributed by atoms with Crippen molar-refractivity contribution in [1.29, 1.82) is 0 Å². The molecule has 5 N–H and O–H groups in total. The van der Waals surface area contributed by atoms with Crippen LogP contribution in [0.2, 0.25) is 0 Å². The average molecular weight is 230 g/mol. The summed E-state index contributed by atoms with van der Waals surface area (Å²) in [6.45, 7) is 0. The molecule has 1 saturated carbocycles. The Kier molecular flexibility index (Phi) is 3.48. The minimum atomic E-state index is -1.25. The second-order valence-corrected chi connectivity index (χ2v) is 3.95. The van der Waals surface area contributed by atoms with Crippen LogP contribution in [0.5, 0.6) is 0 Å². The number of nitrogens with one attached hydrogen (secondary N) is 1. The predicted molar refractivity (Wildman–Crippen MR) is 52.6 cm³/mol. The number of amides is 1. The SMILES string of the molecule is NC1(C(=O)N[C@@H](CCC(=O)O)C(=O)O)CC1. The third-order valence-electron chi connectivity index (χ3n) is 2.49. The van der Waals surface area contributed by atoms with Gasteiger partial charge in [0, 0.05) is 6.42 Å². The zero-order valence-corrected chi connectivity index (χ0v) is 8.60. The van der Waals surface area contributed by atoms with Crippen LogP contribution in [0.15, 0.2) is 0 Å². The number of carbonyl (C=O) groups excluding carboxylic acids is 1. The Morgan fingerprint density at radius 3 is 2.25 bits per heavy atom. The molecule has 7 nitrogen and oxygen atoms in total. The summed E-state index contributed by atoms with van der Waals surface area (Å²) < 4.78 is 0. The van der Waals surface area contributed by atoms with Crippen LogP contribution in [0.1, 0.15) is 25.7 Å². The molecular formula is C9H14N2O5. The quantitative estimate of drug-likeness (QED) is 0.459. The molecule has 0 aromatic carbocycles. The van der Waals surface area contributed by atoms with Gasteiger partial charge in [0.25, 0.3) is 0 Å². The van der Waals surface area contributed by atoms with Gasteiger partial charge in [-0.1, -0.05) is 0 Å². The Labute approximate surface area is 91.6 Å². The summed E-state index contributed by atoms with van der Waals surface area (Å²) in [6, 6.07) is -1.19. The first-order valence-corrected chi connectivity index (χ1v) is 4.89. The van der Waals surface area contributed by atoms with Crippen LogP contribution in [0.25, 0.3) is 0 Å². The number of aliphatic carboxylic acids is 2. The fraction of sp³-hybridized carbons (Fsp3) is 0.667. The molecule has 90 valence electrons. The molecule has 0 spiro atoms. The molecule has 0 aromatic rings. The maximum absolute atomic E-state index is 11.4. The zero-order chi connectivity index (χ0) is 12.3. The number of hydrogen-bond acceptors (Lipinski definition) is 4. The van der Waals surface area contributed by atoms with E-state index in [4.69, 9.17) is 15.9 Å². The molecule has 1 aliphatic carbocycles. The van der Waals surface area contributed by atoms with E-state index in [9.17, 15) is 14.4 Å². The Morgan fingerprint density at radius 2 is 1.88 bits per heavy atom. The fourth-order valence-corrected chi connectivity index (χ4v) is 1.19. The van der Waals surface area contributed by atoms with E-state index >= 15 is 0 Å². The molecule has 0 bridgehead atoms. The maximum Gasteiger partial charge on any atom is 0.326 e. The summed E-state index contributed by atoms with van der Waals surface area (Å²) >= 11 is 0. The van der Waals surface area contributed by atoms with E-state index in [0.717, 1.165) is 0 Å². The lowest BCUT2D eigenvalue weighted by atomic mass is 10.1. The first kappa shape index (κ1) is 12.4. The van der Waals surface area contributed by atoms with E-state index in [1.165, 1.54) is 0 Å². The van der Waals surface area contributed by atoms with Gasteiger partial charge in [-0.05, 0) is 19.3 Å².